The number of aromatic nitrogens is 1. The topological polar surface area (TPSA) is 193 Å². The highest BCUT2D eigenvalue weighted by Gasteiger charge is 2.44. The molecule has 59 heavy (non-hydrogen) atoms. The Hall–Kier alpha value is -4.82. The second kappa shape index (κ2) is 21.4. The quantitative estimate of drug-likeness (QED) is 0.0892. The van der Waals surface area contributed by atoms with Crippen LogP contribution in [0.4, 0.5) is 4.79 Å². The number of carbonyl (C=O) groups excluding carboxylic acids is 5. The highest BCUT2D eigenvalue weighted by molar-refractivity contribution is 7.13. The summed E-state index contributed by atoms with van der Waals surface area (Å²) in [6.07, 6.45) is 4.09. The Labute approximate surface area is 353 Å². The van der Waals surface area contributed by atoms with Gasteiger partial charge in [0.05, 0.1) is 22.2 Å². The van der Waals surface area contributed by atoms with Gasteiger partial charge in [-0.2, -0.15) is 0 Å². The summed E-state index contributed by atoms with van der Waals surface area (Å²) < 4.78 is 5.41. The lowest BCUT2D eigenvalue weighted by Crippen LogP contribution is -2.57. The fourth-order valence-corrected chi connectivity index (χ4v) is 7.98. The first-order valence-corrected chi connectivity index (χ1v) is 21.6. The largest absolute Gasteiger partial charge is 0.444 e. The first kappa shape index (κ1) is 46.9. The van der Waals surface area contributed by atoms with Gasteiger partial charge in [0.1, 0.15) is 17.7 Å². The summed E-state index contributed by atoms with van der Waals surface area (Å²) in [6, 6.07) is 14.2. The van der Waals surface area contributed by atoms with Crippen molar-refractivity contribution in [3.63, 3.8) is 0 Å². The van der Waals surface area contributed by atoms with Crippen molar-refractivity contribution in [2.75, 3.05) is 6.54 Å². The van der Waals surface area contributed by atoms with E-state index in [0.29, 0.717) is 25.7 Å². The van der Waals surface area contributed by atoms with E-state index < -0.39 is 41.2 Å². The van der Waals surface area contributed by atoms with E-state index in [1.807, 2.05) is 69.6 Å². The van der Waals surface area contributed by atoms with Gasteiger partial charge in [-0.1, -0.05) is 75.7 Å². The van der Waals surface area contributed by atoms with Crippen molar-refractivity contribution >= 4 is 41.1 Å². The zero-order chi connectivity index (χ0) is 43.3. The van der Waals surface area contributed by atoms with Gasteiger partial charge in [0.15, 0.2) is 0 Å². The maximum atomic E-state index is 14.0. The summed E-state index contributed by atoms with van der Waals surface area (Å²) in [4.78, 5) is 71.3. The second-order valence-corrected chi connectivity index (χ2v) is 18.6. The number of nitrogens with zero attached hydrogens (tertiary/aromatic N) is 2. The molecule has 0 saturated carbocycles. The molecule has 1 fully saturated rings. The molecule has 4 rings (SSSR count). The van der Waals surface area contributed by atoms with Gasteiger partial charge in [-0.3, -0.25) is 19.2 Å². The number of hydrogen-bond acceptors (Lipinski definition) is 9. The first-order valence-electron chi connectivity index (χ1n) is 20.7. The molecule has 0 aliphatic carbocycles. The lowest BCUT2D eigenvalue weighted by atomic mass is 9.85. The number of aliphatic hydroxyl groups excluding tert-OH is 1. The second-order valence-electron chi connectivity index (χ2n) is 17.7. The van der Waals surface area contributed by atoms with Gasteiger partial charge in [-0.05, 0) is 93.9 Å². The van der Waals surface area contributed by atoms with E-state index >= 15 is 0 Å². The average Bonchev–Trinajstić information content (AvgIpc) is 3.77. The molecule has 13 nitrogen and oxygen atoms in total. The number of rotatable bonds is 19. The maximum Gasteiger partial charge on any atom is 0.407 e. The van der Waals surface area contributed by atoms with Crippen molar-refractivity contribution in [1.82, 2.24) is 25.8 Å². The number of nitrogens with one attached hydrogen (secondary N) is 3. The van der Waals surface area contributed by atoms with Gasteiger partial charge in [-0.15, -0.1) is 11.3 Å². The van der Waals surface area contributed by atoms with Crippen LogP contribution < -0.4 is 21.7 Å². The third kappa shape index (κ3) is 15.4. The van der Waals surface area contributed by atoms with Crippen molar-refractivity contribution in [2.24, 2.45) is 11.1 Å². The van der Waals surface area contributed by atoms with E-state index in [4.69, 9.17) is 10.5 Å². The van der Waals surface area contributed by atoms with Gasteiger partial charge in [0, 0.05) is 38.4 Å². The number of likely N-dealkylation sites (tertiary alicyclic amines) is 1. The minimum Gasteiger partial charge on any atom is -0.444 e. The molecule has 2 heterocycles. The predicted octanol–water partition coefficient (Wildman–Crippen LogP) is 6.12. The number of hydrogen-bond donors (Lipinski definition) is 5. The molecule has 2 aromatic carbocycles. The fraction of sp³-hybridized carbons (Fsp3) is 0.556. The van der Waals surface area contributed by atoms with Crippen LogP contribution in [0.15, 0.2) is 54.0 Å². The van der Waals surface area contributed by atoms with Gasteiger partial charge < -0.3 is 36.4 Å². The number of aliphatic hydroxyl groups is 1. The summed E-state index contributed by atoms with van der Waals surface area (Å²) >= 11 is 1.58. The number of β-amino-alcohol motifs (C(OH)–C–C–N with tert-alkyl or cyclic N) is 1. The van der Waals surface area contributed by atoms with Crippen LogP contribution >= 0.6 is 11.3 Å². The molecule has 14 heteroatoms. The van der Waals surface area contributed by atoms with E-state index in [2.05, 4.69) is 33.1 Å². The van der Waals surface area contributed by atoms with Crippen LogP contribution in [0.3, 0.4) is 0 Å². The maximum absolute atomic E-state index is 14.0. The molecular weight excluding hydrogens is 769 g/mol. The number of ether oxygens (including phenoxy) is 1. The monoisotopic (exact) mass is 832 g/mol. The lowest BCUT2D eigenvalue weighted by Gasteiger charge is -2.35. The Morgan fingerprint density at radius 2 is 1.61 bits per heavy atom. The number of carbonyl (C=O) groups is 5. The minimum atomic E-state index is -0.879. The number of amides is 5. The lowest BCUT2D eigenvalue weighted by molar-refractivity contribution is -0.144. The third-order valence-electron chi connectivity index (χ3n) is 10.3. The third-order valence-corrected chi connectivity index (χ3v) is 11.3. The number of aryl methyl sites for hydroxylation is 3. The van der Waals surface area contributed by atoms with Crippen LogP contribution in [-0.2, 0) is 43.3 Å². The van der Waals surface area contributed by atoms with E-state index in [1.54, 1.807) is 32.1 Å². The zero-order valence-electron chi connectivity index (χ0n) is 35.8. The predicted molar refractivity (Wildman–Crippen MR) is 230 cm³/mol. The summed E-state index contributed by atoms with van der Waals surface area (Å²) in [5, 5.41) is 19.4. The van der Waals surface area contributed by atoms with Crippen molar-refractivity contribution in [2.45, 2.75) is 149 Å². The Morgan fingerprint density at radius 3 is 2.24 bits per heavy atom. The zero-order valence-corrected chi connectivity index (χ0v) is 36.6. The molecule has 0 radical (unpaired) electrons. The summed E-state index contributed by atoms with van der Waals surface area (Å²) in [7, 11) is 0. The number of nitrogens with two attached hydrogens (primary N) is 1. The van der Waals surface area contributed by atoms with Crippen molar-refractivity contribution < 1.29 is 33.8 Å². The fourth-order valence-electron chi connectivity index (χ4n) is 7.17. The van der Waals surface area contributed by atoms with E-state index in [0.717, 1.165) is 46.5 Å². The Morgan fingerprint density at radius 1 is 0.915 bits per heavy atom. The number of primary amides is 1. The SMILES string of the molecule is Cc1ncsc1-c1ccc(CNC(=O)[C@@H]2C[C@@H](O)CN2C(=O)[C@@H](NC(=O)CCCCCc2cccc(CCC(CCC(N)=O)NC(=O)OC(C)(C)C)c2)C(C)(C)C)cc1. The van der Waals surface area contributed by atoms with Crippen molar-refractivity contribution in [1.29, 1.82) is 0 Å². The van der Waals surface area contributed by atoms with Crippen LogP contribution in [0.5, 0.6) is 0 Å². The molecule has 1 unspecified atom stereocenters. The molecule has 4 atom stereocenters. The number of benzene rings is 2. The molecule has 322 valence electrons. The molecule has 3 aromatic rings. The molecule has 1 aliphatic rings. The van der Waals surface area contributed by atoms with Crippen LogP contribution in [0, 0.1) is 12.3 Å². The summed E-state index contributed by atoms with van der Waals surface area (Å²) in [5.74, 6) is -1.38. The number of alkyl carbamates (subject to hydrolysis) is 1. The van der Waals surface area contributed by atoms with Crippen LogP contribution in [0.1, 0.15) is 115 Å². The standard InChI is InChI=1S/C45H64N6O7S/c1-29-39(59-28-48-29)33-19-16-32(17-20-33)26-47-41(55)36-25-35(52)27-51(36)42(56)40(44(2,3)4)50-38(54)15-10-8-9-12-30-13-11-14-31(24-30)18-21-34(22-23-37(46)53)49-43(57)58-45(5,6)7/h11,13-14,16-17,19-20,24,28,34-36,40,52H,8-10,12,15,18,21-23,25-27H2,1-7H3,(H2,46,53)(H,47,55)(H,49,57)(H,50,54)/t34?,35-,36+,40-/m1/s1. The van der Waals surface area contributed by atoms with Gasteiger partial charge in [0.2, 0.25) is 23.6 Å². The first-order chi connectivity index (χ1) is 27.8. The van der Waals surface area contributed by atoms with Crippen molar-refractivity contribution in [3.8, 4) is 10.4 Å². The van der Waals surface area contributed by atoms with E-state index in [-0.39, 0.29) is 56.1 Å². The van der Waals surface area contributed by atoms with E-state index in [1.165, 1.54) is 10.5 Å². The summed E-state index contributed by atoms with van der Waals surface area (Å²) in [5.41, 5.74) is 11.1. The van der Waals surface area contributed by atoms with Crippen molar-refractivity contribution in [3.05, 3.63) is 76.4 Å². The van der Waals surface area contributed by atoms with Gasteiger partial charge >= 0.3 is 6.09 Å². The van der Waals surface area contributed by atoms with Crippen LogP contribution in [-0.4, -0.2) is 81.1 Å². The number of thiazole rings is 1. The molecule has 0 bridgehead atoms. The van der Waals surface area contributed by atoms with Gasteiger partial charge in [0.25, 0.3) is 0 Å². The molecule has 6 N–H and O–H groups in total. The highest BCUT2D eigenvalue weighted by Crippen LogP contribution is 2.28. The Bertz CT molecular complexity index is 1880. The summed E-state index contributed by atoms with van der Waals surface area (Å²) in [6.45, 7) is 13.3. The molecule has 5 amide bonds. The number of unbranched alkanes of at least 4 members (excludes halogenated alkanes) is 2. The molecule has 1 aromatic heterocycles. The molecular formula is C45H64N6O7S. The molecule has 0 spiro atoms. The van der Waals surface area contributed by atoms with E-state index in [9.17, 15) is 29.1 Å². The smallest absolute Gasteiger partial charge is 0.407 e. The average molecular weight is 833 g/mol. The Balaban J connectivity index is 1.23. The normalized spacial score (nSPS) is 16.6. The highest BCUT2D eigenvalue weighted by atomic mass is 32.1. The van der Waals surface area contributed by atoms with Crippen LogP contribution in [0.2, 0.25) is 0 Å². The van der Waals surface area contributed by atoms with Gasteiger partial charge in [-0.25, -0.2) is 9.78 Å². The molecule has 1 aliphatic heterocycles. The minimum absolute atomic E-state index is 0.0162. The molecule has 1 saturated heterocycles. The Kier molecular flexibility index (Phi) is 17.0. The van der Waals surface area contributed by atoms with Crippen LogP contribution in [0.25, 0.3) is 10.4 Å².